The summed E-state index contributed by atoms with van der Waals surface area (Å²) in [5, 5.41) is 3.43. The molecule has 0 radical (unpaired) electrons. The van der Waals surface area contributed by atoms with E-state index >= 15 is 0 Å². The van der Waals surface area contributed by atoms with Gasteiger partial charge in [-0.15, -0.1) is 0 Å². The SMILES string of the molecule is CCN(c1ccc(OCC(=O)Nc2ccc(Cl)cc2Cl)cc1)S(C)(=O)=O. The maximum Gasteiger partial charge on any atom is 0.262 e. The summed E-state index contributed by atoms with van der Waals surface area (Å²) in [6.07, 6.45) is 1.15. The Hall–Kier alpha value is -1.96. The monoisotopic (exact) mass is 416 g/mol. The van der Waals surface area contributed by atoms with E-state index in [0.717, 1.165) is 6.26 Å². The summed E-state index contributed by atoms with van der Waals surface area (Å²) in [7, 11) is -3.34. The largest absolute Gasteiger partial charge is 0.484 e. The van der Waals surface area contributed by atoms with Gasteiger partial charge in [-0.05, 0) is 49.4 Å². The summed E-state index contributed by atoms with van der Waals surface area (Å²) in [6, 6.07) is 11.2. The zero-order valence-electron chi connectivity index (χ0n) is 14.2. The maximum absolute atomic E-state index is 12.0. The topological polar surface area (TPSA) is 75.7 Å². The van der Waals surface area contributed by atoms with Gasteiger partial charge >= 0.3 is 0 Å². The fourth-order valence-corrected chi connectivity index (χ4v) is 3.67. The van der Waals surface area contributed by atoms with Crippen LogP contribution in [0.2, 0.25) is 10.0 Å². The average Bonchev–Trinajstić information content (AvgIpc) is 2.56. The molecule has 0 fully saturated rings. The average molecular weight is 417 g/mol. The third-order valence-corrected chi connectivity index (χ3v) is 5.20. The molecule has 1 amide bonds. The van der Waals surface area contributed by atoms with E-state index in [-0.39, 0.29) is 12.5 Å². The van der Waals surface area contributed by atoms with Gasteiger partial charge in [-0.25, -0.2) is 8.42 Å². The number of carbonyl (C=O) groups excluding carboxylic acids is 1. The van der Waals surface area contributed by atoms with Crippen molar-refractivity contribution < 1.29 is 17.9 Å². The number of ether oxygens (including phenoxy) is 1. The van der Waals surface area contributed by atoms with Crippen LogP contribution < -0.4 is 14.4 Å². The number of carbonyl (C=O) groups is 1. The highest BCUT2D eigenvalue weighted by atomic mass is 35.5. The molecule has 0 atom stereocenters. The Morgan fingerprint density at radius 3 is 2.35 bits per heavy atom. The number of nitrogens with zero attached hydrogens (tertiary/aromatic N) is 1. The zero-order chi connectivity index (χ0) is 19.3. The predicted octanol–water partition coefficient (Wildman–Crippen LogP) is 3.80. The fraction of sp³-hybridized carbons (Fsp3) is 0.235. The molecule has 6 nitrogen and oxygen atoms in total. The lowest BCUT2D eigenvalue weighted by atomic mass is 10.3. The standard InChI is InChI=1S/C17H18Cl2N2O4S/c1-3-21(26(2,23)24)13-5-7-14(8-6-13)25-11-17(22)20-16-9-4-12(18)10-15(16)19/h4-10H,3,11H2,1-2H3,(H,20,22). The minimum absolute atomic E-state index is 0.220. The minimum atomic E-state index is -3.34. The van der Waals surface area contributed by atoms with Crippen LogP contribution in [0.4, 0.5) is 11.4 Å². The Balaban J connectivity index is 1.96. The molecule has 0 spiro atoms. The first-order chi connectivity index (χ1) is 12.2. The van der Waals surface area contributed by atoms with E-state index in [1.54, 1.807) is 43.3 Å². The summed E-state index contributed by atoms with van der Waals surface area (Å²) in [5.41, 5.74) is 0.964. The van der Waals surface area contributed by atoms with Crippen LogP contribution in [0.3, 0.4) is 0 Å². The number of halogens is 2. The van der Waals surface area contributed by atoms with Gasteiger partial charge in [0.05, 0.1) is 22.7 Å². The Morgan fingerprint density at radius 2 is 1.81 bits per heavy atom. The second-order valence-electron chi connectivity index (χ2n) is 5.38. The summed E-state index contributed by atoms with van der Waals surface area (Å²) in [5.74, 6) is 0.0558. The number of hydrogen-bond donors (Lipinski definition) is 1. The highest BCUT2D eigenvalue weighted by molar-refractivity contribution is 7.92. The van der Waals surface area contributed by atoms with Gasteiger partial charge in [0.2, 0.25) is 10.0 Å². The molecule has 0 aliphatic carbocycles. The van der Waals surface area contributed by atoms with Crippen molar-refractivity contribution in [3.8, 4) is 5.75 Å². The molecule has 1 N–H and O–H groups in total. The molecule has 26 heavy (non-hydrogen) atoms. The summed E-state index contributed by atoms with van der Waals surface area (Å²) < 4.78 is 30.1. The molecule has 140 valence electrons. The lowest BCUT2D eigenvalue weighted by Crippen LogP contribution is -2.29. The van der Waals surface area contributed by atoms with Crippen LogP contribution in [0.15, 0.2) is 42.5 Å². The second kappa shape index (κ2) is 8.62. The van der Waals surface area contributed by atoms with E-state index in [4.69, 9.17) is 27.9 Å². The Kier molecular flexibility index (Phi) is 6.75. The molecule has 0 bridgehead atoms. The normalized spacial score (nSPS) is 11.1. The van der Waals surface area contributed by atoms with E-state index in [1.807, 2.05) is 0 Å². The number of hydrogen-bond acceptors (Lipinski definition) is 4. The van der Waals surface area contributed by atoms with Crippen LogP contribution in [0, 0.1) is 0 Å². The quantitative estimate of drug-likeness (QED) is 0.744. The molecule has 2 rings (SSSR count). The predicted molar refractivity (Wildman–Crippen MR) is 105 cm³/mol. The number of benzene rings is 2. The number of amides is 1. The van der Waals surface area contributed by atoms with E-state index in [1.165, 1.54) is 10.4 Å². The van der Waals surface area contributed by atoms with Gasteiger partial charge in [0.15, 0.2) is 6.61 Å². The Morgan fingerprint density at radius 1 is 1.15 bits per heavy atom. The summed E-state index contributed by atoms with van der Waals surface area (Å²) in [6.45, 7) is 1.85. The number of rotatable bonds is 7. The molecule has 0 saturated carbocycles. The zero-order valence-corrected chi connectivity index (χ0v) is 16.5. The number of nitrogens with one attached hydrogen (secondary N) is 1. The van der Waals surface area contributed by atoms with Crippen molar-refractivity contribution in [2.45, 2.75) is 6.92 Å². The van der Waals surface area contributed by atoms with Crippen molar-refractivity contribution in [3.05, 3.63) is 52.5 Å². The summed E-state index contributed by atoms with van der Waals surface area (Å²) in [4.78, 5) is 12.0. The van der Waals surface area contributed by atoms with Gasteiger partial charge in [-0.2, -0.15) is 0 Å². The van der Waals surface area contributed by atoms with Crippen LogP contribution in [0.5, 0.6) is 5.75 Å². The van der Waals surface area contributed by atoms with Gasteiger partial charge in [-0.1, -0.05) is 23.2 Å². The fourth-order valence-electron chi connectivity index (χ4n) is 2.24. The van der Waals surface area contributed by atoms with Gasteiger partial charge < -0.3 is 10.1 Å². The molecular formula is C17H18Cl2N2O4S. The third-order valence-electron chi connectivity index (χ3n) is 3.39. The van der Waals surface area contributed by atoms with Crippen LogP contribution in [0.25, 0.3) is 0 Å². The molecular weight excluding hydrogens is 399 g/mol. The number of sulfonamides is 1. The highest BCUT2D eigenvalue weighted by Crippen LogP contribution is 2.25. The molecule has 2 aromatic rings. The van der Waals surface area contributed by atoms with Crippen molar-refractivity contribution >= 4 is 50.5 Å². The first kappa shape index (κ1) is 20.4. The van der Waals surface area contributed by atoms with E-state index in [0.29, 0.717) is 33.7 Å². The van der Waals surface area contributed by atoms with Crippen LogP contribution >= 0.6 is 23.2 Å². The van der Waals surface area contributed by atoms with Gasteiger partial charge in [-0.3, -0.25) is 9.10 Å². The molecule has 0 aliphatic rings. The lowest BCUT2D eigenvalue weighted by Gasteiger charge is -2.20. The van der Waals surface area contributed by atoms with Crippen molar-refractivity contribution in [2.75, 3.05) is 29.0 Å². The lowest BCUT2D eigenvalue weighted by molar-refractivity contribution is -0.118. The Bertz CT molecular complexity index is 886. The van der Waals surface area contributed by atoms with Crippen molar-refractivity contribution in [1.29, 1.82) is 0 Å². The molecule has 9 heteroatoms. The molecule has 0 aliphatic heterocycles. The molecule has 0 heterocycles. The first-order valence-electron chi connectivity index (χ1n) is 7.66. The van der Waals surface area contributed by atoms with Crippen molar-refractivity contribution in [3.63, 3.8) is 0 Å². The maximum atomic E-state index is 12.0. The van der Waals surface area contributed by atoms with Crippen LogP contribution in [0.1, 0.15) is 6.92 Å². The highest BCUT2D eigenvalue weighted by Gasteiger charge is 2.15. The second-order valence-corrected chi connectivity index (χ2v) is 8.13. The van der Waals surface area contributed by atoms with Gasteiger partial charge in [0.1, 0.15) is 5.75 Å². The number of anilines is 2. The van der Waals surface area contributed by atoms with Gasteiger partial charge in [0, 0.05) is 11.6 Å². The van der Waals surface area contributed by atoms with Crippen molar-refractivity contribution in [2.24, 2.45) is 0 Å². The van der Waals surface area contributed by atoms with E-state index in [2.05, 4.69) is 5.32 Å². The van der Waals surface area contributed by atoms with E-state index < -0.39 is 10.0 Å². The summed E-state index contributed by atoms with van der Waals surface area (Å²) >= 11 is 11.8. The molecule has 0 saturated heterocycles. The van der Waals surface area contributed by atoms with Crippen LogP contribution in [-0.4, -0.2) is 33.7 Å². The third kappa shape index (κ3) is 5.52. The smallest absolute Gasteiger partial charge is 0.262 e. The van der Waals surface area contributed by atoms with Crippen LogP contribution in [-0.2, 0) is 14.8 Å². The first-order valence-corrected chi connectivity index (χ1v) is 10.3. The van der Waals surface area contributed by atoms with E-state index in [9.17, 15) is 13.2 Å². The molecule has 0 unspecified atom stereocenters. The van der Waals surface area contributed by atoms with Crippen molar-refractivity contribution in [1.82, 2.24) is 0 Å². The minimum Gasteiger partial charge on any atom is -0.484 e. The Labute approximate surface area is 162 Å². The molecule has 2 aromatic carbocycles. The van der Waals surface area contributed by atoms with Gasteiger partial charge in [0.25, 0.3) is 5.91 Å². The molecule has 0 aromatic heterocycles.